The maximum atomic E-state index is 4.52. The average molecular weight is 263 g/mol. The minimum absolute atomic E-state index is 0.399. The van der Waals surface area contributed by atoms with Crippen molar-refractivity contribution in [2.24, 2.45) is 0 Å². The number of rotatable bonds is 5. The van der Waals surface area contributed by atoms with Crippen LogP contribution in [0.5, 0.6) is 0 Å². The Morgan fingerprint density at radius 3 is 2.42 bits per heavy atom. The lowest BCUT2D eigenvalue weighted by atomic mass is 10.2. The van der Waals surface area contributed by atoms with Gasteiger partial charge in [-0.3, -0.25) is 0 Å². The molecule has 2 rings (SSSR count). The molecule has 5 heteroatoms. The van der Waals surface area contributed by atoms with Crippen LogP contribution in [0.25, 0.3) is 0 Å². The first-order valence-electron chi connectivity index (χ1n) is 7.12. The summed E-state index contributed by atoms with van der Waals surface area (Å²) < 4.78 is 0. The smallest absolute Gasteiger partial charge is 0.135 e. The molecule has 1 fully saturated rings. The standard InChI is InChI=1S/C14H25N5/c1-10(9-19-7-5-6-8-19)16-14-11(2)13(15-4)17-12(3)18-14/h10H,5-9H2,1-4H3,(H2,15,16,17,18). The van der Waals surface area contributed by atoms with Gasteiger partial charge in [-0.15, -0.1) is 0 Å². The van der Waals surface area contributed by atoms with Crippen LogP contribution in [0.4, 0.5) is 11.6 Å². The maximum absolute atomic E-state index is 4.52. The molecule has 0 spiro atoms. The molecule has 2 heterocycles. The van der Waals surface area contributed by atoms with Gasteiger partial charge in [-0.05, 0) is 46.7 Å². The molecule has 19 heavy (non-hydrogen) atoms. The van der Waals surface area contributed by atoms with Crippen LogP contribution in [-0.2, 0) is 0 Å². The van der Waals surface area contributed by atoms with E-state index in [0.29, 0.717) is 6.04 Å². The van der Waals surface area contributed by atoms with Gasteiger partial charge in [-0.25, -0.2) is 9.97 Å². The first kappa shape index (κ1) is 14.1. The van der Waals surface area contributed by atoms with Gasteiger partial charge in [-0.1, -0.05) is 0 Å². The molecule has 1 aliphatic heterocycles. The molecule has 1 aromatic rings. The largest absolute Gasteiger partial charge is 0.373 e. The number of nitrogens with one attached hydrogen (secondary N) is 2. The second-order valence-electron chi connectivity index (χ2n) is 5.40. The zero-order valence-electron chi connectivity index (χ0n) is 12.5. The summed E-state index contributed by atoms with van der Waals surface area (Å²) >= 11 is 0. The molecule has 0 radical (unpaired) electrons. The molecule has 0 saturated carbocycles. The van der Waals surface area contributed by atoms with Crippen molar-refractivity contribution in [1.82, 2.24) is 14.9 Å². The first-order chi connectivity index (χ1) is 9.10. The number of anilines is 2. The summed E-state index contributed by atoms with van der Waals surface area (Å²) in [7, 11) is 1.90. The van der Waals surface area contributed by atoms with E-state index in [2.05, 4.69) is 39.3 Å². The van der Waals surface area contributed by atoms with E-state index < -0.39 is 0 Å². The third kappa shape index (κ3) is 3.56. The Kier molecular flexibility index (Phi) is 4.58. The van der Waals surface area contributed by atoms with Crippen molar-refractivity contribution in [3.8, 4) is 0 Å². The molecule has 2 N–H and O–H groups in total. The number of aryl methyl sites for hydroxylation is 1. The van der Waals surface area contributed by atoms with Gasteiger partial charge < -0.3 is 15.5 Å². The van der Waals surface area contributed by atoms with Gasteiger partial charge in [0.15, 0.2) is 0 Å². The minimum Gasteiger partial charge on any atom is -0.373 e. The van der Waals surface area contributed by atoms with Crippen molar-refractivity contribution in [3.05, 3.63) is 11.4 Å². The van der Waals surface area contributed by atoms with Crippen LogP contribution in [-0.4, -0.2) is 47.6 Å². The van der Waals surface area contributed by atoms with Gasteiger partial charge in [0.1, 0.15) is 17.5 Å². The SMILES string of the molecule is CNc1nc(C)nc(NC(C)CN2CCCC2)c1C. The summed E-state index contributed by atoms with van der Waals surface area (Å²) in [5.41, 5.74) is 1.08. The van der Waals surface area contributed by atoms with E-state index in [1.54, 1.807) is 0 Å². The van der Waals surface area contributed by atoms with Crippen LogP contribution in [0, 0.1) is 13.8 Å². The zero-order valence-corrected chi connectivity index (χ0v) is 12.5. The van der Waals surface area contributed by atoms with Crippen LogP contribution in [0.3, 0.4) is 0 Å². The Hall–Kier alpha value is -1.36. The average Bonchev–Trinajstić information content (AvgIpc) is 2.86. The lowest BCUT2D eigenvalue weighted by Crippen LogP contribution is -2.33. The van der Waals surface area contributed by atoms with Crippen molar-refractivity contribution in [1.29, 1.82) is 0 Å². The monoisotopic (exact) mass is 263 g/mol. The lowest BCUT2D eigenvalue weighted by molar-refractivity contribution is 0.327. The normalized spacial score (nSPS) is 17.5. The summed E-state index contributed by atoms with van der Waals surface area (Å²) in [4.78, 5) is 11.4. The Morgan fingerprint density at radius 2 is 1.79 bits per heavy atom. The highest BCUT2D eigenvalue weighted by Crippen LogP contribution is 2.20. The van der Waals surface area contributed by atoms with Gasteiger partial charge >= 0.3 is 0 Å². The topological polar surface area (TPSA) is 53.1 Å². The molecule has 5 nitrogen and oxygen atoms in total. The van der Waals surface area contributed by atoms with Gasteiger partial charge in [0.25, 0.3) is 0 Å². The van der Waals surface area contributed by atoms with Gasteiger partial charge in [0, 0.05) is 25.2 Å². The predicted molar refractivity (Wildman–Crippen MR) is 79.8 cm³/mol. The molecule has 1 aromatic heterocycles. The molecule has 1 aliphatic rings. The highest BCUT2D eigenvalue weighted by Gasteiger charge is 2.16. The van der Waals surface area contributed by atoms with Crippen LogP contribution < -0.4 is 10.6 Å². The summed E-state index contributed by atoms with van der Waals surface area (Å²) in [6.07, 6.45) is 2.67. The molecule has 1 atom stereocenters. The number of nitrogens with zero attached hydrogens (tertiary/aromatic N) is 3. The quantitative estimate of drug-likeness (QED) is 0.851. The zero-order chi connectivity index (χ0) is 13.8. The van der Waals surface area contributed by atoms with Crippen molar-refractivity contribution >= 4 is 11.6 Å². The van der Waals surface area contributed by atoms with E-state index in [0.717, 1.165) is 29.6 Å². The first-order valence-corrected chi connectivity index (χ1v) is 7.12. The van der Waals surface area contributed by atoms with E-state index >= 15 is 0 Å². The minimum atomic E-state index is 0.399. The molecule has 0 aromatic carbocycles. The maximum Gasteiger partial charge on any atom is 0.135 e. The Bertz CT molecular complexity index is 426. The number of hydrogen-bond donors (Lipinski definition) is 2. The fraction of sp³-hybridized carbons (Fsp3) is 0.714. The summed E-state index contributed by atoms with van der Waals surface area (Å²) in [5.74, 6) is 2.65. The van der Waals surface area contributed by atoms with Crippen molar-refractivity contribution in [2.75, 3.05) is 37.3 Å². The molecule has 0 aliphatic carbocycles. The molecular formula is C14H25N5. The predicted octanol–water partition coefficient (Wildman–Crippen LogP) is 2.03. The Morgan fingerprint density at radius 1 is 1.16 bits per heavy atom. The van der Waals surface area contributed by atoms with E-state index in [1.165, 1.54) is 25.9 Å². The molecular weight excluding hydrogens is 238 g/mol. The van der Waals surface area contributed by atoms with E-state index in [-0.39, 0.29) is 0 Å². The van der Waals surface area contributed by atoms with Crippen molar-refractivity contribution in [2.45, 2.75) is 39.7 Å². The third-order valence-electron chi connectivity index (χ3n) is 3.61. The molecule has 0 amide bonds. The number of aromatic nitrogens is 2. The van der Waals surface area contributed by atoms with Gasteiger partial charge in [0.2, 0.25) is 0 Å². The summed E-state index contributed by atoms with van der Waals surface area (Å²) in [6, 6.07) is 0.399. The summed E-state index contributed by atoms with van der Waals surface area (Å²) in [5, 5.41) is 6.64. The Balaban J connectivity index is 2.03. The van der Waals surface area contributed by atoms with Crippen LogP contribution in [0.15, 0.2) is 0 Å². The fourth-order valence-corrected chi connectivity index (χ4v) is 2.64. The number of likely N-dealkylation sites (tertiary alicyclic amines) is 1. The van der Waals surface area contributed by atoms with Crippen LogP contribution >= 0.6 is 0 Å². The molecule has 1 saturated heterocycles. The van der Waals surface area contributed by atoms with E-state index in [9.17, 15) is 0 Å². The van der Waals surface area contributed by atoms with Crippen LogP contribution in [0.1, 0.15) is 31.2 Å². The lowest BCUT2D eigenvalue weighted by Gasteiger charge is -2.23. The van der Waals surface area contributed by atoms with Crippen LogP contribution in [0.2, 0.25) is 0 Å². The van der Waals surface area contributed by atoms with E-state index in [1.807, 2.05) is 14.0 Å². The van der Waals surface area contributed by atoms with Gasteiger partial charge in [0.05, 0.1) is 0 Å². The van der Waals surface area contributed by atoms with Gasteiger partial charge in [-0.2, -0.15) is 0 Å². The molecule has 0 bridgehead atoms. The summed E-state index contributed by atoms with van der Waals surface area (Å²) in [6.45, 7) is 9.74. The van der Waals surface area contributed by atoms with Crippen molar-refractivity contribution < 1.29 is 0 Å². The number of hydrogen-bond acceptors (Lipinski definition) is 5. The Labute approximate surface area is 115 Å². The van der Waals surface area contributed by atoms with Crippen molar-refractivity contribution in [3.63, 3.8) is 0 Å². The molecule has 1 unspecified atom stereocenters. The fourth-order valence-electron chi connectivity index (χ4n) is 2.64. The highest BCUT2D eigenvalue weighted by molar-refractivity contribution is 5.57. The molecule has 106 valence electrons. The highest BCUT2D eigenvalue weighted by atomic mass is 15.2. The second kappa shape index (κ2) is 6.19. The third-order valence-corrected chi connectivity index (χ3v) is 3.61. The van der Waals surface area contributed by atoms with E-state index in [4.69, 9.17) is 0 Å². The second-order valence-corrected chi connectivity index (χ2v) is 5.40.